The Labute approximate surface area is 178 Å². The van der Waals surface area contributed by atoms with Crippen molar-refractivity contribution in [3.8, 4) is 0 Å². The summed E-state index contributed by atoms with van der Waals surface area (Å²) in [6.07, 6.45) is 2.28. The summed E-state index contributed by atoms with van der Waals surface area (Å²) in [5.74, 6) is -0.491. The van der Waals surface area contributed by atoms with Crippen molar-refractivity contribution in [2.45, 2.75) is 4.90 Å². The van der Waals surface area contributed by atoms with Crippen molar-refractivity contribution in [1.29, 1.82) is 0 Å². The number of hydrazone groups is 1. The summed E-state index contributed by atoms with van der Waals surface area (Å²) < 4.78 is 27.7. The van der Waals surface area contributed by atoms with Crippen molar-refractivity contribution in [2.24, 2.45) is 5.10 Å². The molecular formula is C18H14BrN5O5S. The topological polar surface area (TPSA) is 153 Å². The molecule has 1 amide bonds. The van der Waals surface area contributed by atoms with Crippen LogP contribution in [0.3, 0.4) is 0 Å². The Bertz CT molecular complexity index is 1310. The predicted octanol–water partition coefficient (Wildman–Crippen LogP) is 1.39. The number of hydrogen-bond donors (Lipinski definition) is 4. The summed E-state index contributed by atoms with van der Waals surface area (Å²) in [5.41, 5.74) is 1.65. The van der Waals surface area contributed by atoms with Gasteiger partial charge in [-0.15, -0.1) is 0 Å². The van der Waals surface area contributed by atoms with E-state index in [0.717, 1.165) is 16.2 Å². The molecule has 2 aromatic carbocycles. The highest BCUT2D eigenvalue weighted by molar-refractivity contribution is 9.10. The molecule has 30 heavy (non-hydrogen) atoms. The number of rotatable bonds is 6. The van der Waals surface area contributed by atoms with Crippen LogP contribution in [0.4, 0.5) is 5.69 Å². The number of aromatic amines is 2. The Kier molecular flexibility index (Phi) is 6.28. The average molecular weight is 492 g/mol. The van der Waals surface area contributed by atoms with Crippen LogP contribution in [0, 0.1) is 0 Å². The maximum atomic E-state index is 12.3. The molecule has 0 atom stereocenters. The van der Waals surface area contributed by atoms with E-state index in [9.17, 15) is 22.8 Å². The molecule has 0 radical (unpaired) electrons. The van der Waals surface area contributed by atoms with E-state index in [1.807, 2.05) is 29.2 Å². The minimum atomic E-state index is -4.23. The molecule has 0 aliphatic carbocycles. The molecule has 1 heterocycles. The van der Waals surface area contributed by atoms with Crippen LogP contribution in [0.2, 0.25) is 0 Å². The molecule has 0 unspecified atom stereocenters. The van der Waals surface area contributed by atoms with Gasteiger partial charge in [-0.2, -0.15) is 5.10 Å². The molecule has 0 spiro atoms. The van der Waals surface area contributed by atoms with Crippen LogP contribution >= 0.6 is 15.9 Å². The fourth-order valence-electron chi connectivity index (χ4n) is 2.28. The minimum absolute atomic E-state index is 0.121. The highest BCUT2D eigenvalue weighted by atomic mass is 79.9. The van der Waals surface area contributed by atoms with Gasteiger partial charge in [0.15, 0.2) is 4.90 Å². The smallest absolute Gasteiger partial charge is 0.313 e. The molecule has 3 rings (SSSR count). The maximum absolute atomic E-state index is 12.3. The number of hydrogen-bond acceptors (Lipinski definition) is 6. The first-order chi connectivity index (χ1) is 14.2. The maximum Gasteiger partial charge on any atom is 0.325 e. The Balaban J connectivity index is 1.66. The molecule has 0 aliphatic heterocycles. The zero-order valence-corrected chi connectivity index (χ0v) is 17.5. The van der Waals surface area contributed by atoms with Crippen molar-refractivity contribution in [1.82, 2.24) is 15.4 Å². The summed E-state index contributed by atoms with van der Waals surface area (Å²) in [4.78, 5) is 38.1. The molecular weight excluding hydrogens is 478 g/mol. The average Bonchev–Trinajstić information content (AvgIpc) is 2.69. The first-order valence-electron chi connectivity index (χ1n) is 8.28. The van der Waals surface area contributed by atoms with E-state index in [0.29, 0.717) is 0 Å². The molecule has 0 aliphatic rings. The lowest BCUT2D eigenvalue weighted by Crippen LogP contribution is -2.29. The van der Waals surface area contributed by atoms with Gasteiger partial charge < -0.3 is 4.98 Å². The largest absolute Gasteiger partial charge is 0.325 e. The Hall–Kier alpha value is -3.51. The third-order valence-corrected chi connectivity index (χ3v) is 5.64. The number of amides is 1. The highest BCUT2D eigenvalue weighted by Crippen LogP contribution is 2.14. The third-order valence-electron chi connectivity index (χ3n) is 3.72. The lowest BCUT2D eigenvalue weighted by atomic mass is 10.2. The fourth-order valence-corrected chi connectivity index (χ4v) is 3.61. The Morgan fingerprint density at radius 1 is 1.03 bits per heavy atom. The molecule has 0 bridgehead atoms. The lowest BCUT2D eigenvalue weighted by molar-refractivity contribution is 0.0955. The highest BCUT2D eigenvalue weighted by Gasteiger charge is 2.19. The molecule has 12 heteroatoms. The second-order valence-corrected chi connectivity index (χ2v) is 8.44. The number of H-pyrrole nitrogens is 2. The van der Waals surface area contributed by atoms with Crippen LogP contribution in [-0.2, 0) is 10.0 Å². The molecule has 3 aromatic rings. The zero-order chi connectivity index (χ0) is 21.7. The van der Waals surface area contributed by atoms with E-state index in [4.69, 9.17) is 0 Å². The molecule has 4 N–H and O–H groups in total. The van der Waals surface area contributed by atoms with E-state index in [1.165, 1.54) is 30.5 Å². The molecule has 1 aromatic heterocycles. The van der Waals surface area contributed by atoms with E-state index in [-0.39, 0.29) is 11.3 Å². The number of nitrogens with one attached hydrogen (secondary N) is 4. The van der Waals surface area contributed by atoms with Gasteiger partial charge in [0.05, 0.1) is 6.21 Å². The summed E-state index contributed by atoms with van der Waals surface area (Å²) in [5, 5.41) is 3.87. The summed E-state index contributed by atoms with van der Waals surface area (Å²) >= 11 is 3.32. The number of benzene rings is 2. The molecule has 0 saturated carbocycles. The number of carbonyl (C=O) groups excluding carboxylic acids is 1. The van der Waals surface area contributed by atoms with Crippen molar-refractivity contribution >= 4 is 43.8 Å². The number of halogens is 1. The van der Waals surface area contributed by atoms with Crippen LogP contribution in [0.15, 0.2) is 78.8 Å². The van der Waals surface area contributed by atoms with Gasteiger partial charge in [0.1, 0.15) is 0 Å². The van der Waals surface area contributed by atoms with Crippen LogP contribution in [0.5, 0.6) is 0 Å². The SMILES string of the molecule is O=C(N/N=C/c1ccc(Br)cc1)c1ccc(NS(=O)(=O)c2c[nH]c(=O)[nH]c2=O)cc1. The monoisotopic (exact) mass is 491 g/mol. The van der Waals surface area contributed by atoms with Crippen molar-refractivity contribution in [3.63, 3.8) is 0 Å². The summed E-state index contributed by atoms with van der Waals surface area (Å²) in [7, 11) is -4.23. The first-order valence-corrected chi connectivity index (χ1v) is 10.6. The fraction of sp³-hybridized carbons (Fsp3) is 0. The van der Waals surface area contributed by atoms with Gasteiger partial charge in [0, 0.05) is 21.9 Å². The second kappa shape index (κ2) is 8.88. The first kappa shape index (κ1) is 21.2. The van der Waals surface area contributed by atoms with Crippen LogP contribution in [0.25, 0.3) is 0 Å². The van der Waals surface area contributed by atoms with E-state index in [1.54, 1.807) is 0 Å². The van der Waals surface area contributed by atoms with Gasteiger partial charge in [-0.3, -0.25) is 19.3 Å². The molecule has 0 fully saturated rings. The van der Waals surface area contributed by atoms with Crippen LogP contribution in [0.1, 0.15) is 15.9 Å². The van der Waals surface area contributed by atoms with Crippen molar-refractivity contribution < 1.29 is 13.2 Å². The zero-order valence-electron chi connectivity index (χ0n) is 15.0. The number of sulfonamides is 1. The minimum Gasteiger partial charge on any atom is -0.313 e. The van der Waals surface area contributed by atoms with E-state index < -0.39 is 32.1 Å². The standard InChI is InChI=1S/C18H14BrN5O5S/c19-13-5-1-11(2-6-13)9-21-23-16(25)12-3-7-14(8-4-12)24-30(28,29)15-10-20-18(27)22-17(15)26/h1-10,24H,(H,23,25)(H2,20,22,26,27)/b21-9+. The predicted molar refractivity (Wildman–Crippen MR) is 114 cm³/mol. The molecule has 154 valence electrons. The van der Waals surface area contributed by atoms with Crippen LogP contribution in [-0.4, -0.2) is 30.5 Å². The quantitative estimate of drug-likeness (QED) is 0.303. The second-order valence-electron chi connectivity index (χ2n) is 5.87. The molecule has 10 nitrogen and oxygen atoms in total. The summed E-state index contributed by atoms with van der Waals surface area (Å²) in [6.45, 7) is 0. The van der Waals surface area contributed by atoms with Gasteiger partial charge in [-0.05, 0) is 42.0 Å². The van der Waals surface area contributed by atoms with Crippen molar-refractivity contribution in [2.75, 3.05) is 4.72 Å². The van der Waals surface area contributed by atoms with Gasteiger partial charge in [0.25, 0.3) is 21.5 Å². The van der Waals surface area contributed by atoms with E-state index >= 15 is 0 Å². The normalized spacial score (nSPS) is 11.4. The summed E-state index contributed by atoms with van der Waals surface area (Å²) in [6, 6.07) is 12.8. The van der Waals surface area contributed by atoms with Gasteiger partial charge in [-0.25, -0.2) is 18.6 Å². The van der Waals surface area contributed by atoms with Crippen molar-refractivity contribution in [3.05, 3.63) is 91.2 Å². The van der Waals surface area contributed by atoms with Gasteiger partial charge in [-0.1, -0.05) is 28.1 Å². The Morgan fingerprint density at radius 2 is 1.70 bits per heavy atom. The third kappa shape index (κ3) is 5.30. The van der Waals surface area contributed by atoms with E-state index in [2.05, 4.69) is 36.2 Å². The Morgan fingerprint density at radius 3 is 2.33 bits per heavy atom. The van der Waals surface area contributed by atoms with Gasteiger partial charge in [0.2, 0.25) is 0 Å². The number of nitrogens with zero attached hydrogens (tertiary/aromatic N) is 1. The number of carbonyl (C=O) groups is 1. The number of aromatic nitrogens is 2. The van der Waals surface area contributed by atoms with Crippen LogP contribution < -0.4 is 21.4 Å². The number of anilines is 1. The lowest BCUT2D eigenvalue weighted by Gasteiger charge is -2.07. The molecule has 0 saturated heterocycles. The van der Waals surface area contributed by atoms with Gasteiger partial charge >= 0.3 is 5.69 Å².